The van der Waals surface area contributed by atoms with Crippen molar-refractivity contribution in [2.24, 2.45) is 0 Å². The van der Waals surface area contributed by atoms with Gasteiger partial charge in [0.1, 0.15) is 6.54 Å². The summed E-state index contributed by atoms with van der Waals surface area (Å²) < 4.78 is 0.976. The molecular formula is C29H62ClIN7+. The number of hydrogen-bond donors (Lipinski definition) is 4. The van der Waals surface area contributed by atoms with E-state index in [9.17, 15) is 0 Å². The Bertz CT molecular complexity index is 765. The first-order valence-electron chi connectivity index (χ1n) is 12.1. The molecule has 0 radical (unpaired) electrons. The van der Waals surface area contributed by atoms with Gasteiger partial charge in [0.25, 0.3) is 0 Å². The molecule has 0 unspecified atom stereocenters. The maximum absolute atomic E-state index is 3.40. The second-order valence-electron chi connectivity index (χ2n) is 9.76. The first-order chi connectivity index (χ1) is 16.5. The molecule has 3 aromatic rings. The molecule has 0 spiro atoms. The fourth-order valence-electron chi connectivity index (χ4n) is 2.93. The van der Waals surface area contributed by atoms with E-state index in [0.29, 0.717) is 0 Å². The Labute approximate surface area is 256 Å². The molecule has 0 atom stereocenters. The molecule has 9 heteroatoms. The van der Waals surface area contributed by atoms with Crippen molar-refractivity contribution in [2.45, 2.75) is 47.8 Å². The summed E-state index contributed by atoms with van der Waals surface area (Å²) in [6.45, 7) is 5.20. The molecule has 226 valence electrons. The lowest BCUT2D eigenvalue weighted by atomic mass is 10.3. The van der Waals surface area contributed by atoms with Crippen molar-refractivity contribution in [1.82, 2.24) is 24.8 Å². The van der Waals surface area contributed by atoms with E-state index in [-0.39, 0.29) is 27.3 Å². The molecule has 38 heavy (non-hydrogen) atoms. The van der Waals surface area contributed by atoms with Crippen LogP contribution in [0.5, 0.6) is 0 Å². The number of halogens is 2. The fourth-order valence-corrected chi connectivity index (χ4v) is 2.93. The number of nitrogens with two attached hydrogens (primary N) is 1. The molecular weight excluding hydrogens is 609 g/mol. The van der Waals surface area contributed by atoms with Crippen LogP contribution in [-0.2, 0) is 26.1 Å². The van der Waals surface area contributed by atoms with Crippen LogP contribution in [0.25, 0.3) is 0 Å². The van der Waals surface area contributed by atoms with Crippen LogP contribution in [0.2, 0.25) is 0 Å². The zero-order valence-electron chi connectivity index (χ0n) is 24.6. The summed E-state index contributed by atoms with van der Waals surface area (Å²) in [4.78, 5) is 15.9. The van der Waals surface area contributed by atoms with E-state index >= 15 is 0 Å². The average molecular weight is 671 g/mol. The van der Waals surface area contributed by atoms with Crippen LogP contribution in [0.15, 0.2) is 48.8 Å². The number of quaternary nitrogens is 2. The van der Waals surface area contributed by atoms with Crippen molar-refractivity contribution in [2.75, 3.05) is 68.4 Å². The molecule has 7 nitrogen and oxygen atoms in total. The molecule has 0 bridgehead atoms. The van der Waals surface area contributed by atoms with Gasteiger partial charge in [-0.15, -0.1) is 0 Å². The Morgan fingerprint density at radius 1 is 0.737 bits per heavy atom. The van der Waals surface area contributed by atoms with Crippen molar-refractivity contribution >= 4 is 22.6 Å². The molecule has 0 aliphatic rings. The van der Waals surface area contributed by atoms with Crippen LogP contribution in [0.4, 0.5) is 0 Å². The lowest BCUT2D eigenvalue weighted by Crippen LogP contribution is -3.00. The average Bonchev–Trinajstić information content (AvgIpc) is 3.53. The summed E-state index contributed by atoms with van der Waals surface area (Å²) >= 11 is 2.15. The summed E-state index contributed by atoms with van der Waals surface area (Å²) in [5.41, 5.74) is 5.22. The Kier molecular flexibility index (Phi) is 35.2. The van der Waals surface area contributed by atoms with Crippen molar-refractivity contribution < 1.29 is 22.2 Å². The van der Waals surface area contributed by atoms with Gasteiger partial charge in [-0.3, -0.25) is 0 Å². The highest BCUT2D eigenvalue weighted by Crippen LogP contribution is 2.07. The van der Waals surface area contributed by atoms with Gasteiger partial charge >= 0.3 is 0 Å². The standard InChI is InChI=1S/C10H19N3.C10H19N2.C4H5N.C2H7N.CH3I.2CH4.ClH/c1-12(2)7-9-5-6-10(11-9)8-13(3)4;1-5-9-6-7-10(11-9)8-12(2,3)4;1-2-4-5-3-1;1-3-2;1-2;;;/h5-6,11H,7-8H2,1-4H3;6-7,11H,5,8H2,1-4H3;1-5H;3H,1-2H3;1H3;2*1H4;1H/q;+1;;;;;;. The zero-order chi connectivity index (χ0) is 27.3. The normalized spacial score (nSPS) is 9.42. The van der Waals surface area contributed by atoms with Gasteiger partial charge in [-0.2, -0.15) is 0 Å². The molecule has 0 saturated heterocycles. The highest BCUT2D eigenvalue weighted by atomic mass is 127. The van der Waals surface area contributed by atoms with Crippen LogP contribution in [0, 0.1) is 0 Å². The predicted octanol–water partition coefficient (Wildman–Crippen LogP) is 2.07. The highest BCUT2D eigenvalue weighted by Gasteiger charge is 2.09. The lowest BCUT2D eigenvalue weighted by Gasteiger charge is -2.22. The Morgan fingerprint density at radius 2 is 1.08 bits per heavy atom. The Hall–Kier alpha value is -1.30. The van der Waals surface area contributed by atoms with Gasteiger partial charge in [0.15, 0.2) is 0 Å². The highest BCUT2D eigenvalue weighted by molar-refractivity contribution is 14.1. The Balaban J connectivity index is -0.000000134. The van der Waals surface area contributed by atoms with E-state index in [1.165, 1.54) is 22.8 Å². The fraction of sp³-hybridized carbons (Fsp3) is 0.586. The third-order valence-corrected chi connectivity index (χ3v) is 4.11. The second kappa shape index (κ2) is 28.7. The third-order valence-electron chi connectivity index (χ3n) is 4.11. The number of aromatic amines is 3. The number of rotatable bonds is 7. The maximum atomic E-state index is 3.40. The minimum Gasteiger partial charge on any atom is -1.00 e. The number of H-pyrrole nitrogens is 3. The number of aromatic nitrogens is 3. The minimum absolute atomic E-state index is 0. The van der Waals surface area contributed by atoms with E-state index in [1.54, 1.807) is 0 Å². The van der Waals surface area contributed by atoms with E-state index in [2.05, 4.69) is 128 Å². The van der Waals surface area contributed by atoms with Gasteiger partial charge in [-0.1, -0.05) is 44.4 Å². The first-order valence-corrected chi connectivity index (χ1v) is 14.3. The quantitative estimate of drug-likeness (QED) is 0.177. The number of nitrogens with one attached hydrogen (secondary N) is 3. The summed E-state index contributed by atoms with van der Waals surface area (Å²) in [6, 6.07) is 12.5. The largest absolute Gasteiger partial charge is 1.00 e. The monoisotopic (exact) mass is 670 g/mol. The van der Waals surface area contributed by atoms with Crippen LogP contribution in [0.3, 0.4) is 0 Å². The van der Waals surface area contributed by atoms with Crippen LogP contribution < -0.4 is 17.7 Å². The molecule has 3 aromatic heterocycles. The SMILES string of the molecule is C.C.CCc1ccc(C[N+](C)(C)C)[nH]1.CI.CN(C)Cc1ccc(CN(C)C)[nH]1.C[NH2+]C.[Cl-].c1cc[nH]c1. The predicted molar refractivity (Wildman–Crippen MR) is 175 cm³/mol. The van der Waals surface area contributed by atoms with Gasteiger partial charge in [0, 0.05) is 42.6 Å². The summed E-state index contributed by atoms with van der Waals surface area (Å²) in [5, 5.41) is 2.00. The number of hydrogen-bond acceptors (Lipinski definition) is 2. The summed E-state index contributed by atoms with van der Waals surface area (Å²) in [5.74, 6) is 0. The molecule has 0 fully saturated rings. The molecule has 0 amide bonds. The lowest BCUT2D eigenvalue weighted by molar-refractivity contribution is -0.884. The van der Waals surface area contributed by atoms with Gasteiger partial charge < -0.3 is 47.0 Å². The number of nitrogens with zero attached hydrogens (tertiary/aromatic N) is 3. The maximum Gasteiger partial charge on any atom is 0.119 e. The minimum atomic E-state index is 0. The molecule has 3 rings (SSSR count). The van der Waals surface area contributed by atoms with Crippen molar-refractivity contribution in [3.05, 3.63) is 71.6 Å². The molecule has 0 saturated carbocycles. The van der Waals surface area contributed by atoms with E-state index < -0.39 is 0 Å². The zero-order valence-corrected chi connectivity index (χ0v) is 27.5. The van der Waals surface area contributed by atoms with Gasteiger partial charge in [0.2, 0.25) is 0 Å². The second-order valence-corrected chi connectivity index (χ2v) is 9.76. The molecule has 3 heterocycles. The van der Waals surface area contributed by atoms with Crippen molar-refractivity contribution in [3.8, 4) is 0 Å². The van der Waals surface area contributed by atoms with E-state index in [0.717, 1.165) is 30.5 Å². The topological polar surface area (TPSA) is 70.5 Å². The third kappa shape index (κ3) is 29.3. The van der Waals surface area contributed by atoms with Gasteiger partial charge in [-0.25, -0.2) is 0 Å². The first kappa shape index (κ1) is 46.5. The van der Waals surface area contributed by atoms with E-state index in [1.807, 2.05) is 48.9 Å². The van der Waals surface area contributed by atoms with Crippen LogP contribution >= 0.6 is 22.6 Å². The van der Waals surface area contributed by atoms with Crippen molar-refractivity contribution in [1.29, 1.82) is 0 Å². The van der Waals surface area contributed by atoms with Crippen molar-refractivity contribution in [3.63, 3.8) is 0 Å². The smallest absolute Gasteiger partial charge is 0.119 e. The molecule has 0 aliphatic heterocycles. The molecule has 0 aromatic carbocycles. The van der Waals surface area contributed by atoms with Crippen LogP contribution in [-0.4, -0.2) is 97.6 Å². The van der Waals surface area contributed by atoms with Crippen LogP contribution in [0.1, 0.15) is 44.6 Å². The van der Waals surface area contributed by atoms with E-state index in [4.69, 9.17) is 0 Å². The van der Waals surface area contributed by atoms with Gasteiger partial charge in [0.05, 0.1) is 40.9 Å². The molecule has 0 aliphatic carbocycles. The Morgan fingerprint density at radius 3 is 1.34 bits per heavy atom. The summed E-state index contributed by atoms with van der Waals surface area (Å²) in [6.07, 6.45) is 4.84. The number of alkyl halides is 1. The summed E-state index contributed by atoms with van der Waals surface area (Å²) in [7, 11) is 18.9. The molecule has 5 N–H and O–H groups in total. The van der Waals surface area contributed by atoms with Gasteiger partial charge in [-0.05, 0) is 75.9 Å². The number of aryl methyl sites for hydroxylation is 1.